The zero-order valence-electron chi connectivity index (χ0n) is 17.7. The molecule has 1 unspecified atom stereocenters. The van der Waals surface area contributed by atoms with Gasteiger partial charge in [0.1, 0.15) is 5.75 Å². The van der Waals surface area contributed by atoms with E-state index in [0.717, 1.165) is 25.0 Å². The highest BCUT2D eigenvalue weighted by Gasteiger charge is 2.27. The molecule has 2 aromatic rings. The SMILES string of the molecule is CCOc1cccc([C@@H](C)NC2CC[C@H](c3ccc(C(=O)NCC(N)=O)cc3)C2)c1. The minimum Gasteiger partial charge on any atom is -0.494 e. The molecule has 6 nitrogen and oxygen atoms in total. The summed E-state index contributed by atoms with van der Waals surface area (Å²) in [7, 11) is 0. The van der Waals surface area contributed by atoms with Crippen molar-refractivity contribution in [2.75, 3.05) is 13.2 Å². The van der Waals surface area contributed by atoms with Crippen LogP contribution < -0.4 is 21.1 Å². The molecule has 1 aliphatic rings. The van der Waals surface area contributed by atoms with E-state index in [1.807, 2.05) is 43.3 Å². The Morgan fingerprint density at radius 2 is 1.93 bits per heavy atom. The molecule has 2 aromatic carbocycles. The van der Waals surface area contributed by atoms with Crippen molar-refractivity contribution in [1.82, 2.24) is 10.6 Å². The maximum atomic E-state index is 12.0. The molecular weight excluding hydrogens is 378 g/mol. The Morgan fingerprint density at radius 1 is 1.17 bits per heavy atom. The lowest BCUT2D eigenvalue weighted by molar-refractivity contribution is -0.117. The molecule has 2 amide bonds. The quantitative estimate of drug-likeness (QED) is 0.592. The minimum atomic E-state index is -0.552. The number of carbonyl (C=O) groups excluding carboxylic acids is 2. The first-order valence-corrected chi connectivity index (χ1v) is 10.6. The van der Waals surface area contributed by atoms with Gasteiger partial charge in [-0.1, -0.05) is 24.3 Å². The van der Waals surface area contributed by atoms with Crippen molar-refractivity contribution in [2.24, 2.45) is 5.73 Å². The molecular formula is C24H31N3O3. The summed E-state index contributed by atoms with van der Waals surface area (Å²) in [6.07, 6.45) is 3.32. The summed E-state index contributed by atoms with van der Waals surface area (Å²) in [6.45, 7) is 4.70. The highest BCUT2D eigenvalue weighted by molar-refractivity contribution is 5.96. The Kier molecular flexibility index (Phi) is 7.46. The van der Waals surface area contributed by atoms with E-state index in [0.29, 0.717) is 24.1 Å². The Morgan fingerprint density at radius 3 is 2.63 bits per heavy atom. The molecule has 0 aromatic heterocycles. The van der Waals surface area contributed by atoms with Gasteiger partial charge in [0.05, 0.1) is 13.2 Å². The molecule has 6 heteroatoms. The van der Waals surface area contributed by atoms with Gasteiger partial charge in [-0.15, -0.1) is 0 Å². The van der Waals surface area contributed by atoms with E-state index in [1.54, 1.807) is 0 Å². The lowest BCUT2D eigenvalue weighted by Crippen LogP contribution is -2.33. The van der Waals surface area contributed by atoms with E-state index in [2.05, 4.69) is 29.7 Å². The molecule has 160 valence electrons. The minimum absolute atomic E-state index is 0.151. The maximum Gasteiger partial charge on any atom is 0.251 e. The van der Waals surface area contributed by atoms with Gasteiger partial charge < -0.3 is 21.1 Å². The standard InChI is InChI=1S/C24H31N3O3/c1-3-30-22-6-4-5-19(14-22)16(2)27-21-12-11-20(13-21)17-7-9-18(10-8-17)24(29)26-15-23(25)28/h4-10,14,16,20-21,27H,3,11-13,15H2,1-2H3,(H2,25,28)(H,26,29)/t16-,20+,21?/m1/s1. The molecule has 1 aliphatic carbocycles. The molecule has 0 saturated heterocycles. The van der Waals surface area contributed by atoms with E-state index in [4.69, 9.17) is 10.5 Å². The molecule has 0 radical (unpaired) electrons. The van der Waals surface area contributed by atoms with Gasteiger partial charge in [0, 0.05) is 17.6 Å². The molecule has 0 heterocycles. The fourth-order valence-electron chi connectivity index (χ4n) is 4.10. The van der Waals surface area contributed by atoms with E-state index in [-0.39, 0.29) is 18.5 Å². The monoisotopic (exact) mass is 409 g/mol. The van der Waals surface area contributed by atoms with Gasteiger partial charge in [-0.2, -0.15) is 0 Å². The molecule has 3 atom stereocenters. The van der Waals surface area contributed by atoms with Crippen LogP contribution in [-0.2, 0) is 4.79 Å². The van der Waals surface area contributed by atoms with Crippen molar-refractivity contribution in [3.8, 4) is 5.75 Å². The first-order valence-electron chi connectivity index (χ1n) is 10.6. The van der Waals surface area contributed by atoms with Crippen molar-refractivity contribution < 1.29 is 14.3 Å². The summed E-state index contributed by atoms with van der Waals surface area (Å²) in [5.41, 5.74) is 8.08. The summed E-state index contributed by atoms with van der Waals surface area (Å²) >= 11 is 0. The van der Waals surface area contributed by atoms with Crippen molar-refractivity contribution in [3.05, 3.63) is 65.2 Å². The Labute approximate surface area is 178 Å². The number of hydrogen-bond donors (Lipinski definition) is 3. The smallest absolute Gasteiger partial charge is 0.251 e. The van der Waals surface area contributed by atoms with Crippen molar-refractivity contribution in [2.45, 2.75) is 51.1 Å². The van der Waals surface area contributed by atoms with Crippen LogP contribution in [0.4, 0.5) is 0 Å². The fourth-order valence-corrected chi connectivity index (χ4v) is 4.10. The van der Waals surface area contributed by atoms with Crippen molar-refractivity contribution in [1.29, 1.82) is 0 Å². The topological polar surface area (TPSA) is 93.4 Å². The molecule has 0 aliphatic heterocycles. The average Bonchev–Trinajstić information content (AvgIpc) is 3.21. The van der Waals surface area contributed by atoms with Crippen LogP contribution in [0.15, 0.2) is 48.5 Å². The van der Waals surface area contributed by atoms with E-state index >= 15 is 0 Å². The molecule has 30 heavy (non-hydrogen) atoms. The van der Waals surface area contributed by atoms with Crippen LogP contribution >= 0.6 is 0 Å². The first kappa shape index (κ1) is 21.8. The van der Waals surface area contributed by atoms with Crippen molar-refractivity contribution in [3.63, 3.8) is 0 Å². The maximum absolute atomic E-state index is 12.0. The lowest BCUT2D eigenvalue weighted by atomic mass is 9.96. The number of primary amides is 1. The third-order valence-corrected chi connectivity index (χ3v) is 5.65. The Bertz CT molecular complexity index is 866. The highest BCUT2D eigenvalue weighted by Crippen LogP contribution is 2.35. The van der Waals surface area contributed by atoms with E-state index in [9.17, 15) is 9.59 Å². The predicted molar refractivity (Wildman–Crippen MR) is 118 cm³/mol. The van der Waals surface area contributed by atoms with Crippen LogP contribution in [0.2, 0.25) is 0 Å². The van der Waals surface area contributed by atoms with E-state index in [1.165, 1.54) is 11.1 Å². The first-order chi connectivity index (χ1) is 14.5. The third kappa shape index (κ3) is 5.83. The summed E-state index contributed by atoms with van der Waals surface area (Å²) in [5.74, 6) is 0.554. The second kappa shape index (κ2) is 10.3. The van der Waals surface area contributed by atoms with Gasteiger partial charge >= 0.3 is 0 Å². The van der Waals surface area contributed by atoms with Crippen LogP contribution in [0.3, 0.4) is 0 Å². The van der Waals surface area contributed by atoms with Crippen LogP contribution in [0.25, 0.3) is 0 Å². The molecule has 1 saturated carbocycles. The van der Waals surface area contributed by atoms with Gasteiger partial charge in [0.2, 0.25) is 5.91 Å². The number of carbonyl (C=O) groups is 2. The Balaban J connectivity index is 1.54. The number of rotatable bonds is 9. The number of benzene rings is 2. The Hall–Kier alpha value is -2.86. The number of ether oxygens (including phenoxy) is 1. The number of nitrogens with one attached hydrogen (secondary N) is 2. The summed E-state index contributed by atoms with van der Waals surface area (Å²) < 4.78 is 5.62. The highest BCUT2D eigenvalue weighted by atomic mass is 16.5. The van der Waals surface area contributed by atoms with Crippen LogP contribution in [-0.4, -0.2) is 31.0 Å². The summed E-state index contributed by atoms with van der Waals surface area (Å²) in [5, 5.41) is 6.27. The van der Waals surface area contributed by atoms with Gasteiger partial charge in [-0.05, 0) is 74.4 Å². The molecule has 1 fully saturated rings. The average molecular weight is 410 g/mol. The second-order valence-corrected chi connectivity index (χ2v) is 7.87. The molecule has 4 N–H and O–H groups in total. The molecule has 0 bridgehead atoms. The molecule has 3 rings (SSSR count). The van der Waals surface area contributed by atoms with Crippen LogP contribution in [0, 0.1) is 0 Å². The number of nitrogens with two attached hydrogens (primary N) is 1. The zero-order chi connectivity index (χ0) is 21.5. The molecule has 0 spiro atoms. The van der Waals surface area contributed by atoms with Crippen LogP contribution in [0.5, 0.6) is 5.75 Å². The van der Waals surface area contributed by atoms with Gasteiger partial charge in [-0.25, -0.2) is 0 Å². The predicted octanol–water partition coefficient (Wildman–Crippen LogP) is 3.29. The lowest BCUT2D eigenvalue weighted by Gasteiger charge is -2.21. The van der Waals surface area contributed by atoms with Gasteiger partial charge in [0.15, 0.2) is 0 Å². The van der Waals surface area contributed by atoms with E-state index < -0.39 is 5.91 Å². The largest absolute Gasteiger partial charge is 0.494 e. The fraction of sp³-hybridized carbons (Fsp3) is 0.417. The normalized spacial score (nSPS) is 19.3. The third-order valence-electron chi connectivity index (χ3n) is 5.65. The van der Waals surface area contributed by atoms with Crippen LogP contribution in [0.1, 0.15) is 66.6 Å². The van der Waals surface area contributed by atoms with Gasteiger partial charge in [-0.3, -0.25) is 9.59 Å². The summed E-state index contributed by atoms with van der Waals surface area (Å²) in [4.78, 5) is 22.8. The van der Waals surface area contributed by atoms with Gasteiger partial charge in [0.25, 0.3) is 5.91 Å². The van der Waals surface area contributed by atoms with Crippen molar-refractivity contribution >= 4 is 11.8 Å². The zero-order valence-corrected chi connectivity index (χ0v) is 17.7. The number of amides is 2. The second-order valence-electron chi connectivity index (χ2n) is 7.87. The number of hydrogen-bond acceptors (Lipinski definition) is 4. The summed E-state index contributed by atoms with van der Waals surface area (Å²) in [6, 6.07) is 16.6.